The first-order chi connectivity index (χ1) is 7.83. The van der Waals surface area contributed by atoms with Crippen LogP contribution in [0.5, 0.6) is 0 Å². The Balaban J connectivity index is 2.09. The van der Waals surface area contributed by atoms with Crippen molar-refractivity contribution in [3.63, 3.8) is 0 Å². The van der Waals surface area contributed by atoms with Crippen LogP contribution in [0.4, 0.5) is 0 Å². The van der Waals surface area contributed by atoms with E-state index in [-0.39, 0.29) is 5.91 Å². The number of carbonyl (C=O) groups excluding carboxylic acids is 1. The van der Waals surface area contributed by atoms with Gasteiger partial charge in [0.15, 0.2) is 0 Å². The maximum absolute atomic E-state index is 11.3. The fourth-order valence-corrected chi connectivity index (χ4v) is 2.78. The summed E-state index contributed by atoms with van der Waals surface area (Å²) >= 11 is 0. The molecule has 0 saturated heterocycles. The Hall–Kier alpha value is -0.680. The van der Waals surface area contributed by atoms with Gasteiger partial charge in [0.25, 0.3) is 0 Å². The lowest BCUT2D eigenvalue weighted by atomic mass is 10.3. The second-order valence-corrected chi connectivity index (χ2v) is 5.53. The summed E-state index contributed by atoms with van der Waals surface area (Å²) in [6.07, 6.45) is 3.91. The van der Waals surface area contributed by atoms with Crippen molar-refractivity contribution in [2.24, 2.45) is 0 Å². The molecule has 0 aliphatic rings. The maximum Gasteiger partial charge on any atom is 0.230 e. The Morgan fingerprint density at radius 1 is 1.50 bits per heavy atom. The molecule has 0 spiro atoms. The third kappa shape index (κ3) is 6.02. The average molecular weight is 256 g/mol. The summed E-state index contributed by atoms with van der Waals surface area (Å²) < 4.78 is 0. The van der Waals surface area contributed by atoms with Gasteiger partial charge in [-0.2, -0.15) is 0 Å². The molecule has 3 nitrogen and oxygen atoms in total. The molecule has 1 aromatic heterocycles. The standard InChI is InChI=1S/C11H16N2OS2/c1-2-3-7-12-10(14)9-15-16-11-6-4-5-8-13-11/h4-6,8H,2-3,7,9H2,1H3,(H,12,14). The van der Waals surface area contributed by atoms with Crippen molar-refractivity contribution in [3.8, 4) is 0 Å². The zero-order chi connectivity index (χ0) is 11.6. The molecule has 1 amide bonds. The Morgan fingerprint density at radius 2 is 2.38 bits per heavy atom. The number of hydrogen-bond donors (Lipinski definition) is 1. The van der Waals surface area contributed by atoms with E-state index in [9.17, 15) is 4.79 Å². The van der Waals surface area contributed by atoms with Crippen LogP contribution in [0.3, 0.4) is 0 Å². The van der Waals surface area contributed by atoms with Crippen LogP contribution in [0.25, 0.3) is 0 Å². The van der Waals surface area contributed by atoms with Crippen molar-refractivity contribution >= 4 is 27.5 Å². The van der Waals surface area contributed by atoms with Gasteiger partial charge in [-0.1, -0.05) is 30.2 Å². The average Bonchev–Trinajstić information content (AvgIpc) is 2.31. The van der Waals surface area contributed by atoms with Crippen LogP contribution < -0.4 is 5.32 Å². The predicted octanol–water partition coefficient (Wildman–Crippen LogP) is 2.74. The zero-order valence-electron chi connectivity index (χ0n) is 9.31. The number of pyridine rings is 1. The van der Waals surface area contributed by atoms with Crippen LogP contribution in [-0.2, 0) is 4.79 Å². The van der Waals surface area contributed by atoms with Gasteiger partial charge in [0.1, 0.15) is 5.03 Å². The molecule has 5 heteroatoms. The van der Waals surface area contributed by atoms with E-state index < -0.39 is 0 Å². The van der Waals surface area contributed by atoms with E-state index in [1.165, 1.54) is 21.6 Å². The molecule has 0 fully saturated rings. The Labute approximate surface area is 104 Å². The van der Waals surface area contributed by atoms with Crippen LogP contribution in [0.15, 0.2) is 29.4 Å². The summed E-state index contributed by atoms with van der Waals surface area (Å²) in [5.74, 6) is 0.576. The molecule has 16 heavy (non-hydrogen) atoms. The Bertz CT molecular complexity index is 306. The van der Waals surface area contributed by atoms with E-state index in [1.54, 1.807) is 6.20 Å². The van der Waals surface area contributed by atoms with Crippen LogP contribution in [-0.4, -0.2) is 23.2 Å². The lowest BCUT2D eigenvalue weighted by Gasteiger charge is -2.03. The van der Waals surface area contributed by atoms with Gasteiger partial charge in [0.2, 0.25) is 5.91 Å². The molecule has 0 aromatic carbocycles. The molecule has 1 heterocycles. The van der Waals surface area contributed by atoms with E-state index in [0.29, 0.717) is 5.75 Å². The van der Waals surface area contributed by atoms with Crippen LogP contribution in [0.2, 0.25) is 0 Å². The van der Waals surface area contributed by atoms with Gasteiger partial charge >= 0.3 is 0 Å². The van der Waals surface area contributed by atoms with E-state index in [0.717, 1.165) is 24.4 Å². The van der Waals surface area contributed by atoms with Gasteiger partial charge in [0.05, 0.1) is 5.75 Å². The van der Waals surface area contributed by atoms with Crippen molar-refractivity contribution in [1.82, 2.24) is 10.3 Å². The minimum Gasteiger partial charge on any atom is -0.355 e. The highest BCUT2D eigenvalue weighted by Crippen LogP contribution is 2.28. The van der Waals surface area contributed by atoms with Crippen molar-refractivity contribution in [2.45, 2.75) is 24.8 Å². The van der Waals surface area contributed by atoms with Crippen LogP contribution in [0, 0.1) is 0 Å². The quantitative estimate of drug-likeness (QED) is 0.601. The SMILES string of the molecule is CCCCNC(=O)CSSc1ccccn1. The van der Waals surface area contributed by atoms with E-state index in [4.69, 9.17) is 0 Å². The number of nitrogens with one attached hydrogen (secondary N) is 1. The largest absolute Gasteiger partial charge is 0.355 e. The highest BCUT2D eigenvalue weighted by atomic mass is 33.1. The first-order valence-electron chi connectivity index (χ1n) is 5.30. The molecule has 0 atom stereocenters. The second kappa shape index (κ2) is 8.47. The second-order valence-electron chi connectivity index (χ2n) is 3.22. The predicted molar refractivity (Wildman–Crippen MR) is 70.5 cm³/mol. The molecule has 0 unspecified atom stereocenters. The minimum absolute atomic E-state index is 0.0990. The summed E-state index contributed by atoms with van der Waals surface area (Å²) in [4.78, 5) is 15.5. The number of hydrogen-bond acceptors (Lipinski definition) is 4. The maximum atomic E-state index is 11.3. The summed E-state index contributed by atoms with van der Waals surface area (Å²) in [7, 11) is 3.05. The number of unbranched alkanes of at least 4 members (excludes halogenated alkanes) is 1. The summed E-state index contributed by atoms with van der Waals surface area (Å²) in [5.41, 5.74) is 0. The fourth-order valence-electron chi connectivity index (χ4n) is 0.995. The number of amides is 1. The minimum atomic E-state index is 0.0990. The third-order valence-corrected chi connectivity index (χ3v) is 3.95. The normalized spacial score (nSPS) is 10.1. The molecule has 0 aliphatic carbocycles. The van der Waals surface area contributed by atoms with Crippen molar-refractivity contribution in [1.29, 1.82) is 0 Å². The summed E-state index contributed by atoms with van der Waals surface area (Å²) in [5, 5.41) is 3.82. The van der Waals surface area contributed by atoms with Crippen molar-refractivity contribution in [3.05, 3.63) is 24.4 Å². The molecule has 0 bridgehead atoms. The molecule has 0 radical (unpaired) electrons. The third-order valence-electron chi connectivity index (χ3n) is 1.82. The van der Waals surface area contributed by atoms with Crippen LogP contribution >= 0.6 is 21.6 Å². The molecule has 1 rings (SSSR count). The summed E-state index contributed by atoms with van der Waals surface area (Å²) in [6, 6.07) is 5.76. The van der Waals surface area contributed by atoms with E-state index in [1.807, 2.05) is 18.2 Å². The van der Waals surface area contributed by atoms with Gasteiger partial charge in [-0.3, -0.25) is 4.79 Å². The molecule has 1 aromatic rings. The number of rotatable bonds is 7. The smallest absolute Gasteiger partial charge is 0.230 e. The Kier molecular flexibility index (Phi) is 7.09. The Morgan fingerprint density at radius 3 is 3.06 bits per heavy atom. The van der Waals surface area contributed by atoms with E-state index >= 15 is 0 Å². The molecule has 1 N–H and O–H groups in total. The first kappa shape index (κ1) is 13.4. The molecule has 0 aliphatic heterocycles. The van der Waals surface area contributed by atoms with E-state index in [2.05, 4.69) is 17.2 Å². The number of aromatic nitrogens is 1. The monoisotopic (exact) mass is 256 g/mol. The first-order valence-corrected chi connectivity index (χ1v) is 7.62. The lowest BCUT2D eigenvalue weighted by Crippen LogP contribution is -2.25. The lowest BCUT2D eigenvalue weighted by molar-refractivity contribution is -0.118. The molecular weight excluding hydrogens is 240 g/mol. The molecular formula is C11H16N2OS2. The highest BCUT2D eigenvalue weighted by molar-refractivity contribution is 8.76. The summed E-state index contributed by atoms with van der Waals surface area (Å²) in [6.45, 7) is 2.89. The fraction of sp³-hybridized carbons (Fsp3) is 0.455. The highest BCUT2D eigenvalue weighted by Gasteiger charge is 2.01. The van der Waals surface area contributed by atoms with Gasteiger partial charge < -0.3 is 5.32 Å². The molecule has 0 saturated carbocycles. The topological polar surface area (TPSA) is 42.0 Å². The van der Waals surface area contributed by atoms with Gasteiger partial charge in [-0.25, -0.2) is 4.98 Å². The number of carbonyl (C=O) groups is 1. The zero-order valence-corrected chi connectivity index (χ0v) is 10.9. The van der Waals surface area contributed by atoms with Gasteiger partial charge in [-0.05, 0) is 29.3 Å². The van der Waals surface area contributed by atoms with Gasteiger partial charge in [0, 0.05) is 12.7 Å². The van der Waals surface area contributed by atoms with Crippen LogP contribution in [0.1, 0.15) is 19.8 Å². The van der Waals surface area contributed by atoms with Gasteiger partial charge in [-0.15, -0.1) is 0 Å². The van der Waals surface area contributed by atoms with Crippen molar-refractivity contribution in [2.75, 3.05) is 12.3 Å². The van der Waals surface area contributed by atoms with Crippen molar-refractivity contribution < 1.29 is 4.79 Å². The molecule has 88 valence electrons. The number of nitrogens with zero attached hydrogens (tertiary/aromatic N) is 1.